The Kier molecular flexibility index (Phi) is 12.3. The summed E-state index contributed by atoms with van der Waals surface area (Å²) in [5.41, 5.74) is 4.48. The summed E-state index contributed by atoms with van der Waals surface area (Å²) in [6.07, 6.45) is -7.36. The van der Waals surface area contributed by atoms with Crippen LogP contribution in [0.2, 0.25) is 0 Å². The normalized spacial score (nSPS) is 12.2. The zero-order valence-electron chi connectivity index (χ0n) is 23.9. The first-order valence-corrected chi connectivity index (χ1v) is 13.7. The minimum absolute atomic E-state index is 0.00430. The Morgan fingerprint density at radius 2 is 1.51 bits per heavy atom. The molecule has 0 saturated heterocycles. The van der Waals surface area contributed by atoms with Crippen molar-refractivity contribution in [2.75, 3.05) is 66.6 Å². The average molecular weight is 609 g/mol. The summed E-state index contributed by atoms with van der Waals surface area (Å²) in [4.78, 5) is 49.7. The summed E-state index contributed by atoms with van der Waals surface area (Å²) in [6.45, 7) is 1.07. The van der Waals surface area contributed by atoms with E-state index in [2.05, 4.69) is 27.5 Å². The summed E-state index contributed by atoms with van der Waals surface area (Å²) in [7, 11) is 2.83. The van der Waals surface area contributed by atoms with Gasteiger partial charge in [0, 0.05) is 45.7 Å². The van der Waals surface area contributed by atoms with E-state index in [-0.39, 0.29) is 64.2 Å². The maximum Gasteiger partial charge on any atom is 0.491 e. The molecular formula is C29H35F3N4O7. The number of ether oxygens (including phenoxy) is 3. The van der Waals surface area contributed by atoms with Gasteiger partial charge in [0.15, 0.2) is 0 Å². The highest BCUT2D eigenvalue weighted by molar-refractivity contribution is 5.87. The van der Waals surface area contributed by atoms with Gasteiger partial charge in [-0.2, -0.15) is 13.2 Å². The lowest BCUT2D eigenvalue weighted by Gasteiger charge is -2.25. The molecule has 0 heterocycles. The van der Waals surface area contributed by atoms with Crippen LogP contribution in [0, 0.1) is 0 Å². The van der Waals surface area contributed by atoms with Crippen LogP contribution >= 0.6 is 0 Å². The molecule has 0 aliphatic heterocycles. The van der Waals surface area contributed by atoms with Crippen LogP contribution in [0.3, 0.4) is 0 Å². The van der Waals surface area contributed by atoms with Gasteiger partial charge in [0.2, 0.25) is 5.91 Å². The van der Waals surface area contributed by atoms with E-state index in [0.717, 1.165) is 34.2 Å². The zero-order valence-corrected chi connectivity index (χ0v) is 23.9. The number of nitrogens with zero attached hydrogens (tertiary/aromatic N) is 2. The molecule has 3 rings (SSSR count). The highest BCUT2D eigenvalue weighted by atomic mass is 19.4. The maximum absolute atomic E-state index is 12.7. The summed E-state index contributed by atoms with van der Waals surface area (Å²) in [6, 6.07) is 16.0. The second kappa shape index (κ2) is 15.9. The second-order valence-corrected chi connectivity index (χ2v) is 9.67. The minimum atomic E-state index is -5.30. The molecular weight excluding hydrogens is 573 g/mol. The van der Waals surface area contributed by atoms with E-state index >= 15 is 0 Å². The first kappa shape index (κ1) is 33.3. The van der Waals surface area contributed by atoms with E-state index in [1.807, 2.05) is 36.4 Å². The molecule has 0 saturated carbocycles. The zero-order chi connectivity index (χ0) is 31.4. The average Bonchev–Trinajstić information content (AvgIpc) is 3.30. The lowest BCUT2D eigenvalue weighted by molar-refractivity contribution is -0.193. The molecule has 14 heteroatoms. The third-order valence-corrected chi connectivity index (χ3v) is 6.73. The Labute approximate surface area is 247 Å². The van der Waals surface area contributed by atoms with Crippen molar-refractivity contribution in [1.82, 2.24) is 20.4 Å². The van der Waals surface area contributed by atoms with Gasteiger partial charge in [-0.1, -0.05) is 48.5 Å². The van der Waals surface area contributed by atoms with Crippen molar-refractivity contribution in [2.45, 2.75) is 18.5 Å². The number of alkyl carbamates (subject to hydrolysis) is 1. The van der Waals surface area contributed by atoms with Gasteiger partial charge in [-0.15, -0.1) is 0 Å². The molecule has 0 radical (unpaired) electrons. The number of likely N-dealkylation sites (N-methyl/N-ethyl adjacent to an activating group) is 2. The monoisotopic (exact) mass is 608 g/mol. The molecule has 3 amide bonds. The van der Waals surface area contributed by atoms with Gasteiger partial charge in [0.1, 0.15) is 6.61 Å². The van der Waals surface area contributed by atoms with Crippen LogP contribution in [-0.2, 0) is 23.8 Å². The third kappa shape index (κ3) is 9.68. The molecule has 2 aromatic rings. The van der Waals surface area contributed by atoms with Crippen molar-refractivity contribution in [3.05, 3.63) is 59.7 Å². The number of nitrogens with one attached hydrogen (secondary N) is 2. The molecule has 234 valence electrons. The van der Waals surface area contributed by atoms with Gasteiger partial charge in [0.25, 0.3) is 0 Å². The van der Waals surface area contributed by atoms with Gasteiger partial charge in [-0.25, -0.2) is 14.4 Å². The van der Waals surface area contributed by atoms with E-state index in [0.29, 0.717) is 6.54 Å². The van der Waals surface area contributed by atoms with Gasteiger partial charge < -0.3 is 34.6 Å². The Bertz CT molecular complexity index is 1230. The fourth-order valence-electron chi connectivity index (χ4n) is 4.48. The van der Waals surface area contributed by atoms with Crippen LogP contribution in [0.15, 0.2) is 48.5 Å². The number of carbonyl (C=O) groups is 4. The molecule has 0 bridgehead atoms. The number of hydrogen-bond donors (Lipinski definition) is 2. The number of hydrogen-bond acceptors (Lipinski definition) is 8. The summed E-state index contributed by atoms with van der Waals surface area (Å²) in [5.74, 6) is -2.98. The second-order valence-electron chi connectivity index (χ2n) is 9.67. The smallest absolute Gasteiger partial charge is 0.449 e. The van der Waals surface area contributed by atoms with E-state index in [1.165, 1.54) is 4.90 Å². The predicted molar refractivity (Wildman–Crippen MR) is 149 cm³/mol. The minimum Gasteiger partial charge on any atom is -0.449 e. The molecule has 11 nitrogen and oxygen atoms in total. The lowest BCUT2D eigenvalue weighted by atomic mass is 9.98. The highest BCUT2D eigenvalue weighted by Crippen LogP contribution is 2.44. The lowest BCUT2D eigenvalue weighted by Crippen LogP contribution is -2.43. The summed E-state index contributed by atoms with van der Waals surface area (Å²) < 4.78 is 51.6. The molecule has 2 aromatic carbocycles. The van der Waals surface area contributed by atoms with Crippen molar-refractivity contribution in [2.24, 2.45) is 0 Å². The fourth-order valence-corrected chi connectivity index (χ4v) is 4.48. The molecule has 0 aromatic heterocycles. The number of amides is 3. The van der Waals surface area contributed by atoms with Gasteiger partial charge >= 0.3 is 24.3 Å². The van der Waals surface area contributed by atoms with Crippen LogP contribution in [0.25, 0.3) is 11.1 Å². The van der Waals surface area contributed by atoms with E-state index in [9.17, 15) is 32.3 Å². The molecule has 0 unspecified atom stereocenters. The fraction of sp³-hybridized carbons (Fsp3) is 0.448. The highest BCUT2D eigenvalue weighted by Gasteiger charge is 2.43. The van der Waals surface area contributed by atoms with Crippen molar-refractivity contribution >= 4 is 24.1 Å². The molecule has 1 aliphatic rings. The van der Waals surface area contributed by atoms with Crippen LogP contribution < -0.4 is 10.6 Å². The van der Waals surface area contributed by atoms with Crippen molar-refractivity contribution in [3.63, 3.8) is 0 Å². The molecule has 2 N–H and O–H groups in total. The predicted octanol–water partition coefficient (Wildman–Crippen LogP) is 3.14. The molecule has 0 atom stereocenters. The van der Waals surface area contributed by atoms with E-state index < -0.39 is 24.3 Å². The molecule has 43 heavy (non-hydrogen) atoms. The topological polar surface area (TPSA) is 127 Å². The van der Waals surface area contributed by atoms with Crippen LogP contribution in [0.5, 0.6) is 0 Å². The van der Waals surface area contributed by atoms with Crippen LogP contribution in [0.1, 0.15) is 23.5 Å². The number of rotatable bonds is 14. The van der Waals surface area contributed by atoms with Gasteiger partial charge in [0.05, 0.1) is 19.6 Å². The Morgan fingerprint density at radius 3 is 2.12 bits per heavy atom. The van der Waals surface area contributed by atoms with Crippen molar-refractivity contribution in [3.8, 4) is 11.1 Å². The third-order valence-electron chi connectivity index (χ3n) is 6.73. The quantitative estimate of drug-likeness (QED) is 0.190. The first-order chi connectivity index (χ1) is 20.5. The number of fused-ring (bicyclic) bond motifs is 3. The van der Waals surface area contributed by atoms with E-state index in [1.54, 1.807) is 7.05 Å². The molecule has 0 fully saturated rings. The van der Waals surface area contributed by atoms with Crippen molar-refractivity contribution < 1.29 is 46.6 Å². The SMILES string of the molecule is CNCCN(CCN(C)C(=O)OC(=O)C(F)(F)F)C(=O)CCOCCNC(=O)OCC1c2ccccc2-c2ccccc21. The number of alkyl halides is 3. The Balaban J connectivity index is 1.34. The van der Waals surface area contributed by atoms with Gasteiger partial charge in [-0.05, 0) is 29.3 Å². The Hall–Kier alpha value is -4.17. The van der Waals surface area contributed by atoms with Gasteiger partial charge in [-0.3, -0.25) is 4.79 Å². The van der Waals surface area contributed by atoms with Crippen molar-refractivity contribution in [1.29, 1.82) is 0 Å². The van der Waals surface area contributed by atoms with Crippen LogP contribution in [0.4, 0.5) is 22.8 Å². The number of esters is 1. The summed E-state index contributed by atoms with van der Waals surface area (Å²) >= 11 is 0. The standard InChI is InChI=1S/C29H35F3N4O7/c1-33-12-14-36(16-15-35(2)28(40)43-26(38)29(30,31)32)25(37)11-17-41-18-13-34-27(39)42-19-24-22-9-5-3-7-20(22)21-8-4-6-10-23(21)24/h3-10,24,33H,11-19H2,1-2H3,(H,34,39). The number of halogens is 3. The molecule has 0 spiro atoms. The Morgan fingerprint density at radius 1 is 0.884 bits per heavy atom. The number of carbonyl (C=O) groups excluding carboxylic acids is 4. The van der Waals surface area contributed by atoms with E-state index in [4.69, 9.17) is 9.47 Å². The maximum atomic E-state index is 12.7. The van der Waals surface area contributed by atoms with Crippen LogP contribution in [-0.4, -0.2) is 107 Å². The number of benzene rings is 2. The molecule has 1 aliphatic carbocycles. The summed E-state index contributed by atoms with van der Waals surface area (Å²) in [5, 5.41) is 5.51. The largest absolute Gasteiger partial charge is 0.491 e. The first-order valence-electron chi connectivity index (χ1n) is 13.7.